The van der Waals surface area contributed by atoms with Crippen LogP contribution in [0.25, 0.3) is 0 Å². The summed E-state index contributed by atoms with van der Waals surface area (Å²) in [6, 6.07) is 17.9. The van der Waals surface area contributed by atoms with Gasteiger partial charge >= 0.3 is 0 Å². The fourth-order valence-corrected chi connectivity index (χ4v) is 6.17. The van der Waals surface area contributed by atoms with E-state index in [1.807, 2.05) is 60.7 Å². The minimum absolute atomic E-state index is 0.149. The number of amides is 3. The molecule has 0 spiro atoms. The van der Waals surface area contributed by atoms with E-state index in [1.165, 1.54) is 4.90 Å². The number of carbonyl (C=O) groups is 3. The van der Waals surface area contributed by atoms with Crippen LogP contribution in [0.4, 0.5) is 5.69 Å². The smallest absolute Gasteiger partial charge is 0.248 e. The van der Waals surface area contributed by atoms with Gasteiger partial charge < -0.3 is 5.32 Å². The molecule has 7 atom stereocenters. The van der Waals surface area contributed by atoms with Crippen LogP contribution in [0, 0.1) is 35.5 Å². The minimum Gasteiger partial charge on any atom is -0.324 e. The molecule has 0 aromatic heterocycles. The van der Waals surface area contributed by atoms with Gasteiger partial charge in [0.2, 0.25) is 17.7 Å². The zero-order valence-corrected chi connectivity index (χ0v) is 17.1. The first-order valence-corrected chi connectivity index (χ1v) is 11.1. The summed E-state index contributed by atoms with van der Waals surface area (Å²) >= 11 is 0. The first-order chi connectivity index (χ1) is 15.1. The van der Waals surface area contributed by atoms with Crippen molar-refractivity contribution in [2.24, 2.45) is 35.5 Å². The molecule has 2 aromatic carbocycles. The summed E-state index contributed by atoms with van der Waals surface area (Å²) in [6.45, 7) is 0. The number of carbonyl (C=O) groups excluding carboxylic acids is 3. The third kappa shape index (κ3) is 2.87. The summed E-state index contributed by atoms with van der Waals surface area (Å²) in [5.74, 6) is 0.140. The number of nitrogens with zero attached hydrogens (tertiary/aromatic N) is 1. The highest BCUT2D eigenvalue weighted by atomic mass is 16.2. The number of likely N-dealkylation sites (tertiary alicyclic amines) is 1. The van der Waals surface area contributed by atoms with Crippen LogP contribution in [-0.2, 0) is 20.8 Å². The van der Waals surface area contributed by atoms with Crippen LogP contribution in [-0.4, -0.2) is 28.7 Å². The largest absolute Gasteiger partial charge is 0.324 e. The van der Waals surface area contributed by atoms with E-state index in [0.29, 0.717) is 23.9 Å². The highest BCUT2D eigenvalue weighted by Gasteiger charge is 2.67. The number of para-hydroxylation sites is 1. The summed E-state index contributed by atoms with van der Waals surface area (Å²) in [5.41, 5.74) is 1.58. The van der Waals surface area contributed by atoms with E-state index in [0.717, 1.165) is 12.0 Å². The number of imide groups is 1. The number of allylic oxidation sites excluding steroid dienone is 2. The minimum atomic E-state index is -0.857. The maximum absolute atomic E-state index is 13.6. The Kier molecular flexibility index (Phi) is 4.13. The van der Waals surface area contributed by atoms with Crippen molar-refractivity contribution in [3.05, 3.63) is 78.4 Å². The predicted octanol–water partition coefficient (Wildman–Crippen LogP) is 3.29. The lowest BCUT2D eigenvalue weighted by Gasteiger charge is -2.37. The molecule has 2 bridgehead atoms. The second-order valence-corrected chi connectivity index (χ2v) is 9.26. The molecular formula is C26H24N2O3. The van der Waals surface area contributed by atoms with Gasteiger partial charge in [0, 0.05) is 12.1 Å². The van der Waals surface area contributed by atoms with Gasteiger partial charge in [0.1, 0.15) is 6.04 Å². The molecule has 1 aliphatic heterocycles. The van der Waals surface area contributed by atoms with E-state index < -0.39 is 6.04 Å². The fourth-order valence-electron chi connectivity index (χ4n) is 6.17. The molecule has 5 nitrogen and oxygen atoms in total. The lowest BCUT2D eigenvalue weighted by molar-refractivity contribution is -0.146. The number of hydrogen-bond acceptors (Lipinski definition) is 3. The molecule has 156 valence electrons. The molecule has 1 heterocycles. The maximum Gasteiger partial charge on any atom is 0.248 e. The monoisotopic (exact) mass is 412 g/mol. The molecule has 2 saturated carbocycles. The Bertz CT molecular complexity index is 1040. The number of anilines is 1. The van der Waals surface area contributed by atoms with Gasteiger partial charge in [0.15, 0.2) is 0 Å². The maximum atomic E-state index is 13.6. The first kappa shape index (κ1) is 18.6. The summed E-state index contributed by atoms with van der Waals surface area (Å²) in [4.78, 5) is 41.9. The van der Waals surface area contributed by atoms with Crippen LogP contribution >= 0.6 is 0 Å². The summed E-state index contributed by atoms with van der Waals surface area (Å²) < 4.78 is 0. The highest BCUT2D eigenvalue weighted by Crippen LogP contribution is 2.65. The van der Waals surface area contributed by atoms with Crippen LogP contribution in [0.5, 0.6) is 0 Å². The van der Waals surface area contributed by atoms with Crippen LogP contribution in [0.2, 0.25) is 0 Å². The first-order valence-electron chi connectivity index (χ1n) is 11.1. The molecule has 4 aliphatic carbocycles. The van der Waals surface area contributed by atoms with Gasteiger partial charge in [-0.25, -0.2) is 0 Å². The lowest BCUT2D eigenvalue weighted by atomic mass is 9.63. The van der Waals surface area contributed by atoms with Gasteiger partial charge in [0.05, 0.1) is 11.8 Å². The number of nitrogens with one attached hydrogen (secondary N) is 1. The lowest BCUT2D eigenvalue weighted by Crippen LogP contribution is -2.49. The molecule has 2 aromatic rings. The van der Waals surface area contributed by atoms with Crippen molar-refractivity contribution in [1.29, 1.82) is 0 Å². The van der Waals surface area contributed by atoms with E-state index in [4.69, 9.17) is 0 Å². The molecule has 5 aliphatic rings. The average molecular weight is 412 g/mol. The molecule has 0 unspecified atom stereocenters. The molecular weight excluding hydrogens is 388 g/mol. The van der Waals surface area contributed by atoms with E-state index in [2.05, 4.69) is 17.5 Å². The zero-order chi connectivity index (χ0) is 21.1. The second-order valence-electron chi connectivity index (χ2n) is 9.26. The average Bonchev–Trinajstić information content (AvgIpc) is 3.58. The van der Waals surface area contributed by atoms with Crippen molar-refractivity contribution in [3.63, 3.8) is 0 Å². The Morgan fingerprint density at radius 2 is 1.42 bits per heavy atom. The number of hydrogen-bond donors (Lipinski definition) is 1. The fraction of sp³-hybridized carbons (Fsp3) is 0.346. The number of rotatable bonds is 5. The van der Waals surface area contributed by atoms with Crippen LogP contribution in [0.15, 0.2) is 72.8 Å². The standard InChI is InChI=1S/C26H24N2O3/c29-24(27-16-9-5-2-6-10-16)21(13-15-7-3-1-4-8-15)28-25(30)22-17-11-12-18(20-14-19(17)20)23(22)26(28)31/h1-12,17-23H,13-14H2,(H,27,29)/t17-,18-,19-,20+,21-,22+,23+/m0/s1. The van der Waals surface area contributed by atoms with Crippen molar-refractivity contribution in [2.45, 2.75) is 18.9 Å². The molecule has 3 amide bonds. The van der Waals surface area contributed by atoms with E-state index in [1.54, 1.807) is 0 Å². The molecule has 0 radical (unpaired) electrons. The second kappa shape index (κ2) is 6.91. The zero-order valence-electron chi connectivity index (χ0n) is 17.1. The van der Waals surface area contributed by atoms with Gasteiger partial charge in [-0.2, -0.15) is 0 Å². The van der Waals surface area contributed by atoms with E-state index >= 15 is 0 Å². The van der Waals surface area contributed by atoms with Crippen LogP contribution in [0.3, 0.4) is 0 Å². The van der Waals surface area contributed by atoms with Crippen LogP contribution in [0.1, 0.15) is 12.0 Å². The summed E-state index contributed by atoms with van der Waals surface area (Å²) in [6.07, 6.45) is 5.75. The molecule has 7 rings (SSSR count). The van der Waals surface area contributed by atoms with Crippen molar-refractivity contribution >= 4 is 23.4 Å². The SMILES string of the molecule is O=C(Nc1ccccc1)[C@H](Cc1ccccc1)N1C(=O)[C@@H]2[C@H]3C=C[C@@H]([C@@H]4C[C@H]34)[C@H]2C1=O. The molecule has 31 heavy (non-hydrogen) atoms. The summed E-state index contributed by atoms with van der Waals surface area (Å²) in [5, 5.41) is 2.92. The van der Waals surface area contributed by atoms with Gasteiger partial charge in [0.25, 0.3) is 0 Å². The topological polar surface area (TPSA) is 66.5 Å². The van der Waals surface area contributed by atoms with Crippen molar-refractivity contribution in [2.75, 3.05) is 5.32 Å². The molecule has 1 saturated heterocycles. The highest BCUT2D eigenvalue weighted by molar-refractivity contribution is 6.10. The quantitative estimate of drug-likeness (QED) is 0.605. The third-order valence-electron chi connectivity index (χ3n) is 7.62. The Morgan fingerprint density at radius 3 is 2.00 bits per heavy atom. The Morgan fingerprint density at radius 1 is 0.871 bits per heavy atom. The van der Waals surface area contributed by atoms with E-state index in [-0.39, 0.29) is 41.4 Å². The Hall–Kier alpha value is -3.21. The Balaban J connectivity index is 1.34. The van der Waals surface area contributed by atoms with Crippen molar-refractivity contribution in [3.8, 4) is 0 Å². The molecule has 3 fully saturated rings. The van der Waals surface area contributed by atoms with Crippen molar-refractivity contribution < 1.29 is 14.4 Å². The normalized spacial score (nSPS) is 33.1. The van der Waals surface area contributed by atoms with E-state index in [9.17, 15) is 14.4 Å². The van der Waals surface area contributed by atoms with Crippen LogP contribution < -0.4 is 5.32 Å². The van der Waals surface area contributed by atoms with Gasteiger partial charge in [-0.3, -0.25) is 19.3 Å². The number of benzene rings is 2. The summed E-state index contributed by atoms with van der Waals surface area (Å²) in [7, 11) is 0. The third-order valence-corrected chi connectivity index (χ3v) is 7.62. The van der Waals surface area contributed by atoms with Gasteiger partial charge in [-0.1, -0.05) is 60.7 Å². The van der Waals surface area contributed by atoms with Crippen molar-refractivity contribution in [1.82, 2.24) is 4.90 Å². The predicted molar refractivity (Wildman–Crippen MR) is 116 cm³/mol. The molecule has 5 heteroatoms. The molecule has 1 N–H and O–H groups in total. The Labute approximate surface area is 181 Å². The van der Waals surface area contributed by atoms with Gasteiger partial charge in [-0.15, -0.1) is 0 Å². The van der Waals surface area contributed by atoms with Gasteiger partial charge in [-0.05, 0) is 47.8 Å².